The van der Waals surface area contributed by atoms with Crippen molar-refractivity contribution >= 4 is 23.2 Å². The predicted molar refractivity (Wildman–Crippen MR) is 95.6 cm³/mol. The molecular formula is C17H15ClN6O. The summed E-state index contributed by atoms with van der Waals surface area (Å²) in [5.41, 5.74) is 3.52. The van der Waals surface area contributed by atoms with Crippen molar-refractivity contribution in [2.24, 2.45) is 0 Å². The van der Waals surface area contributed by atoms with Crippen LogP contribution in [0, 0.1) is 0 Å². The first kappa shape index (κ1) is 15.6. The first-order valence-electron chi connectivity index (χ1n) is 7.83. The average molecular weight is 355 g/mol. The molecule has 0 aliphatic carbocycles. The van der Waals surface area contributed by atoms with Crippen LogP contribution in [0.2, 0.25) is 5.02 Å². The van der Waals surface area contributed by atoms with E-state index in [4.69, 9.17) is 11.6 Å². The Morgan fingerprint density at radius 2 is 2.12 bits per heavy atom. The number of hydrogen-bond acceptors (Lipinski definition) is 5. The summed E-state index contributed by atoms with van der Waals surface area (Å²) in [6.45, 7) is 1.23. The fourth-order valence-electron chi connectivity index (χ4n) is 2.81. The highest BCUT2D eigenvalue weighted by atomic mass is 35.5. The maximum atomic E-state index is 11.9. The molecule has 0 saturated heterocycles. The van der Waals surface area contributed by atoms with Crippen LogP contribution in [0.25, 0.3) is 22.8 Å². The van der Waals surface area contributed by atoms with Crippen LogP contribution in [-0.4, -0.2) is 39.2 Å². The van der Waals surface area contributed by atoms with Crippen molar-refractivity contribution in [2.45, 2.75) is 6.54 Å². The molecule has 4 rings (SSSR count). The second-order valence-corrected chi connectivity index (χ2v) is 6.04. The highest BCUT2D eigenvalue weighted by Gasteiger charge is 2.20. The highest BCUT2D eigenvalue weighted by Crippen LogP contribution is 2.29. The minimum absolute atomic E-state index is 0.119. The Hall–Kier alpha value is -2.93. The summed E-state index contributed by atoms with van der Waals surface area (Å²) >= 11 is 6.12. The van der Waals surface area contributed by atoms with E-state index in [-0.39, 0.29) is 5.91 Å². The van der Waals surface area contributed by atoms with Crippen molar-refractivity contribution in [3.8, 4) is 22.8 Å². The summed E-state index contributed by atoms with van der Waals surface area (Å²) in [6, 6.07) is 9.03. The van der Waals surface area contributed by atoms with Gasteiger partial charge in [-0.1, -0.05) is 11.6 Å². The first-order valence-corrected chi connectivity index (χ1v) is 8.20. The molecule has 0 radical (unpaired) electrons. The van der Waals surface area contributed by atoms with Crippen LogP contribution in [-0.2, 0) is 6.54 Å². The fourth-order valence-corrected chi connectivity index (χ4v) is 2.98. The number of halogens is 1. The molecule has 3 heterocycles. The number of amides is 1. The van der Waals surface area contributed by atoms with E-state index in [2.05, 4.69) is 25.7 Å². The highest BCUT2D eigenvalue weighted by molar-refractivity contribution is 6.31. The van der Waals surface area contributed by atoms with Gasteiger partial charge in [0.1, 0.15) is 11.4 Å². The summed E-state index contributed by atoms with van der Waals surface area (Å²) in [5.74, 6) is 0.423. The molecule has 1 aromatic carbocycles. The Kier molecular flexibility index (Phi) is 3.85. The van der Waals surface area contributed by atoms with Crippen molar-refractivity contribution in [3.63, 3.8) is 0 Å². The van der Waals surface area contributed by atoms with E-state index in [1.54, 1.807) is 23.0 Å². The number of nitrogens with zero attached hydrogens (tertiary/aromatic N) is 4. The Bertz CT molecular complexity index is 968. The van der Waals surface area contributed by atoms with Crippen LogP contribution in [0.4, 0.5) is 5.69 Å². The molecule has 8 heteroatoms. The topological polar surface area (TPSA) is 84.7 Å². The van der Waals surface area contributed by atoms with Gasteiger partial charge in [0.2, 0.25) is 0 Å². The molecule has 0 unspecified atom stereocenters. The van der Waals surface area contributed by atoms with Gasteiger partial charge in [-0.2, -0.15) is 5.10 Å². The Labute approximate surface area is 149 Å². The molecule has 3 aromatic rings. The third-order valence-corrected chi connectivity index (χ3v) is 4.27. The molecule has 1 aliphatic rings. The molecule has 1 amide bonds. The van der Waals surface area contributed by atoms with Gasteiger partial charge in [0, 0.05) is 36.1 Å². The number of hydrogen-bond donors (Lipinski definition) is 2. The second-order valence-electron chi connectivity index (χ2n) is 5.60. The number of carbonyl (C=O) groups excluding carboxylic acids is 1. The largest absolute Gasteiger partial charge is 0.388 e. The fraction of sp³-hybridized carbons (Fsp3) is 0.176. The lowest BCUT2D eigenvalue weighted by Gasteiger charge is -2.13. The number of rotatable bonds is 3. The van der Waals surface area contributed by atoms with Crippen LogP contribution in [0.5, 0.6) is 0 Å². The monoisotopic (exact) mass is 354 g/mol. The third kappa shape index (κ3) is 2.83. The molecule has 0 spiro atoms. The molecule has 2 aromatic heterocycles. The van der Waals surface area contributed by atoms with Crippen molar-refractivity contribution in [1.29, 1.82) is 0 Å². The molecule has 25 heavy (non-hydrogen) atoms. The smallest absolute Gasteiger partial charge is 0.269 e. The standard InChI is InChI=1S/C17H15ClN6O/c1-19-12-3-2-10(18)8-11(12)16-20-5-4-13(22-16)14-9-15-17(25)21-6-7-24(15)23-14/h2-5,8-9,19H,6-7H2,1H3,(H,21,25). The lowest BCUT2D eigenvalue weighted by molar-refractivity contribution is 0.0924. The number of nitrogens with one attached hydrogen (secondary N) is 2. The minimum Gasteiger partial charge on any atom is -0.388 e. The van der Waals surface area contributed by atoms with Gasteiger partial charge in [0.15, 0.2) is 5.82 Å². The number of anilines is 1. The summed E-state index contributed by atoms with van der Waals surface area (Å²) in [5, 5.41) is 11.0. The van der Waals surface area contributed by atoms with E-state index in [0.29, 0.717) is 41.0 Å². The molecular weight excluding hydrogens is 340 g/mol. The molecule has 0 atom stereocenters. The van der Waals surface area contributed by atoms with Crippen molar-refractivity contribution in [1.82, 2.24) is 25.1 Å². The third-order valence-electron chi connectivity index (χ3n) is 4.03. The van der Waals surface area contributed by atoms with Crippen molar-refractivity contribution < 1.29 is 4.79 Å². The van der Waals surface area contributed by atoms with Crippen molar-refractivity contribution in [3.05, 3.63) is 47.2 Å². The lowest BCUT2D eigenvalue weighted by Crippen LogP contribution is -2.35. The number of aromatic nitrogens is 4. The van der Waals surface area contributed by atoms with Gasteiger partial charge in [-0.15, -0.1) is 0 Å². The van der Waals surface area contributed by atoms with Crippen molar-refractivity contribution in [2.75, 3.05) is 18.9 Å². The van der Waals surface area contributed by atoms with E-state index < -0.39 is 0 Å². The van der Waals surface area contributed by atoms with E-state index in [1.807, 2.05) is 25.2 Å². The number of carbonyl (C=O) groups is 1. The normalized spacial score (nSPS) is 13.3. The zero-order chi connectivity index (χ0) is 17.4. The number of benzene rings is 1. The zero-order valence-corrected chi connectivity index (χ0v) is 14.2. The lowest BCUT2D eigenvalue weighted by atomic mass is 10.1. The molecule has 2 N–H and O–H groups in total. The molecule has 0 saturated carbocycles. The van der Waals surface area contributed by atoms with Gasteiger partial charge in [0.25, 0.3) is 5.91 Å². The predicted octanol–water partition coefficient (Wildman–Crippen LogP) is 2.45. The van der Waals surface area contributed by atoms with Crippen LogP contribution in [0.15, 0.2) is 36.5 Å². The molecule has 1 aliphatic heterocycles. The van der Waals surface area contributed by atoms with Crippen LogP contribution >= 0.6 is 11.6 Å². The maximum absolute atomic E-state index is 11.9. The first-order chi connectivity index (χ1) is 12.2. The SMILES string of the molecule is CNc1ccc(Cl)cc1-c1nccc(-c2cc3n(n2)CCNC3=O)n1. The Morgan fingerprint density at radius 1 is 1.24 bits per heavy atom. The summed E-state index contributed by atoms with van der Waals surface area (Å²) in [4.78, 5) is 20.9. The van der Waals surface area contributed by atoms with Crippen LogP contribution < -0.4 is 10.6 Å². The maximum Gasteiger partial charge on any atom is 0.269 e. The quantitative estimate of drug-likeness (QED) is 0.754. The van der Waals surface area contributed by atoms with E-state index in [0.717, 1.165) is 11.3 Å². The van der Waals surface area contributed by atoms with Gasteiger partial charge in [0.05, 0.1) is 12.2 Å². The molecule has 126 valence electrons. The van der Waals surface area contributed by atoms with Crippen LogP contribution in [0.3, 0.4) is 0 Å². The zero-order valence-electron chi connectivity index (χ0n) is 13.5. The van der Waals surface area contributed by atoms with Crippen LogP contribution in [0.1, 0.15) is 10.5 Å². The minimum atomic E-state index is -0.119. The summed E-state index contributed by atoms with van der Waals surface area (Å²) < 4.78 is 1.70. The molecule has 0 fully saturated rings. The summed E-state index contributed by atoms with van der Waals surface area (Å²) in [7, 11) is 1.83. The molecule has 7 nitrogen and oxygen atoms in total. The van der Waals surface area contributed by atoms with E-state index in [9.17, 15) is 4.79 Å². The van der Waals surface area contributed by atoms with Gasteiger partial charge < -0.3 is 10.6 Å². The number of fused-ring (bicyclic) bond motifs is 1. The molecule has 0 bridgehead atoms. The van der Waals surface area contributed by atoms with Gasteiger partial charge in [-0.05, 0) is 30.3 Å². The second kappa shape index (κ2) is 6.18. The van der Waals surface area contributed by atoms with Gasteiger partial charge in [-0.3, -0.25) is 9.48 Å². The summed E-state index contributed by atoms with van der Waals surface area (Å²) in [6.07, 6.45) is 1.68. The van der Waals surface area contributed by atoms with E-state index >= 15 is 0 Å². The Balaban J connectivity index is 1.78. The average Bonchev–Trinajstić information content (AvgIpc) is 3.08. The van der Waals surface area contributed by atoms with Gasteiger partial charge in [-0.25, -0.2) is 9.97 Å². The van der Waals surface area contributed by atoms with Gasteiger partial charge >= 0.3 is 0 Å². The Morgan fingerprint density at radius 3 is 2.92 bits per heavy atom. The van der Waals surface area contributed by atoms with E-state index in [1.165, 1.54) is 0 Å².